The number of fused-ring (bicyclic) bond motifs is 3. The van der Waals surface area contributed by atoms with Crippen LogP contribution in [0, 0.1) is 0 Å². The largest absolute Gasteiger partial charge is 0.330 e. The van der Waals surface area contributed by atoms with Gasteiger partial charge in [0.15, 0.2) is 6.29 Å². The Morgan fingerprint density at radius 3 is 2.52 bits per heavy atom. The monoisotopic (exact) mass is 396 g/mol. The molecule has 1 aromatic carbocycles. The Hall–Kier alpha value is -2.09. The van der Waals surface area contributed by atoms with E-state index in [4.69, 9.17) is 0 Å². The Balaban J connectivity index is 1.30. The first-order valence-corrected chi connectivity index (χ1v) is 10.8. The molecule has 3 saturated heterocycles. The Labute approximate surface area is 170 Å². The fourth-order valence-electron chi connectivity index (χ4n) is 5.62. The third-order valence-corrected chi connectivity index (χ3v) is 7.27. The topological polar surface area (TPSA) is 81.8 Å². The molecule has 2 N–H and O–H groups in total. The number of ketones is 1. The second-order valence-corrected chi connectivity index (χ2v) is 8.80. The second-order valence-electron chi connectivity index (χ2n) is 8.80. The van der Waals surface area contributed by atoms with Crippen molar-refractivity contribution in [1.29, 1.82) is 0 Å². The number of piperazine rings is 1. The molecule has 3 fully saturated rings. The Bertz CT molecular complexity index is 817. The van der Waals surface area contributed by atoms with Gasteiger partial charge in [-0.3, -0.25) is 19.3 Å². The van der Waals surface area contributed by atoms with Crippen LogP contribution in [-0.2, 0) is 22.7 Å². The van der Waals surface area contributed by atoms with Gasteiger partial charge in [0.25, 0.3) is 5.91 Å². The highest BCUT2D eigenvalue weighted by molar-refractivity contribution is 6.27. The highest BCUT2D eigenvalue weighted by Crippen LogP contribution is 2.33. The number of nitrogens with zero attached hydrogens (tertiary/aromatic N) is 2. The van der Waals surface area contributed by atoms with Gasteiger partial charge in [0, 0.05) is 56.4 Å². The van der Waals surface area contributed by atoms with Crippen LogP contribution in [0.2, 0.25) is 0 Å². The van der Waals surface area contributed by atoms with Gasteiger partial charge in [-0.1, -0.05) is 12.1 Å². The molecular formula is C22H28N4O3. The number of carbonyl (C=O) groups excluding carboxylic acids is 3. The molecule has 5 rings (SSSR count). The molecule has 154 valence electrons. The van der Waals surface area contributed by atoms with Gasteiger partial charge in [0.1, 0.15) is 0 Å². The molecule has 1 amide bonds. The molecule has 4 unspecified atom stereocenters. The molecule has 4 atom stereocenters. The minimum Gasteiger partial charge on any atom is -0.330 e. The van der Waals surface area contributed by atoms with Gasteiger partial charge in [-0.15, -0.1) is 0 Å². The van der Waals surface area contributed by atoms with Crippen LogP contribution in [0.15, 0.2) is 18.2 Å². The van der Waals surface area contributed by atoms with Crippen LogP contribution in [0.1, 0.15) is 47.2 Å². The zero-order valence-corrected chi connectivity index (χ0v) is 16.6. The van der Waals surface area contributed by atoms with E-state index in [2.05, 4.69) is 21.6 Å². The normalized spacial score (nSPS) is 31.7. The van der Waals surface area contributed by atoms with E-state index in [0.29, 0.717) is 37.9 Å². The van der Waals surface area contributed by atoms with Crippen molar-refractivity contribution in [3.05, 3.63) is 34.9 Å². The summed E-state index contributed by atoms with van der Waals surface area (Å²) in [6.45, 7) is 4.24. The number of benzene rings is 1. The van der Waals surface area contributed by atoms with Gasteiger partial charge >= 0.3 is 0 Å². The molecule has 0 radical (unpaired) electrons. The van der Waals surface area contributed by atoms with Crippen LogP contribution in [0.5, 0.6) is 0 Å². The summed E-state index contributed by atoms with van der Waals surface area (Å²) in [5, 5.41) is 6.69. The third-order valence-electron chi connectivity index (χ3n) is 7.27. The molecule has 4 aliphatic rings. The lowest BCUT2D eigenvalue weighted by Crippen LogP contribution is -2.52. The molecule has 0 spiro atoms. The number of amides is 1. The molecule has 2 bridgehead atoms. The minimum absolute atomic E-state index is 0.0637. The number of hydrogen-bond donors (Lipinski definition) is 2. The van der Waals surface area contributed by atoms with Crippen LogP contribution < -0.4 is 10.6 Å². The van der Waals surface area contributed by atoms with E-state index >= 15 is 0 Å². The van der Waals surface area contributed by atoms with Gasteiger partial charge in [0.2, 0.25) is 5.78 Å². The van der Waals surface area contributed by atoms with Crippen LogP contribution >= 0.6 is 0 Å². The van der Waals surface area contributed by atoms with Crippen molar-refractivity contribution in [2.24, 2.45) is 0 Å². The molecule has 0 saturated carbocycles. The van der Waals surface area contributed by atoms with E-state index in [0.717, 1.165) is 31.6 Å². The van der Waals surface area contributed by atoms with Crippen molar-refractivity contribution in [2.45, 2.75) is 62.9 Å². The first kappa shape index (κ1) is 18.9. The maximum Gasteiger partial charge on any atom is 0.254 e. The van der Waals surface area contributed by atoms with Crippen LogP contribution in [0.3, 0.4) is 0 Å². The molecule has 7 nitrogen and oxygen atoms in total. The van der Waals surface area contributed by atoms with Crippen molar-refractivity contribution in [2.75, 3.05) is 19.6 Å². The van der Waals surface area contributed by atoms with E-state index in [-0.39, 0.29) is 11.9 Å². The highest BCUT2D eigenvalue weighted by Gasteiger charge is 2.39. The molecule has 1 aromatic rings. The summed E-state index contributed by atoms with van der Waals surface area (Å²) < 4.78 is 0. The lowest BCUT2D eigenvalue weighted by Gasteiger charge is -2.36. The predicted molar refractivity (Wildman–Crippen MR) is 107 cm³/mol. The number of carbonyl (C=O) groups is 3. The molecule has 0 aliphatic carbocycles. The van der Waals surface area contributed by atoms with E-state index in [9.17, 15) is 14.4 Å². The maximum absolute atomic E-state index is 13.1. The number of nitrogens with one attached hydrogen (secondary N) is 2. The molecule has 7 heteroatoms. The van der Waals surface area contributed by atoms with Crippen molar-refractivity contribution in [1.82, 2.24) is 20.4 Å². The Kier molecular flexibility index (Phi) is 4.97. The van der Waals surface area contributed by atoms with E-state index in [1.54, 1.807) is 0 Å². The Morgan fingerprint density at radius 2 is 1.83 bits per heavy atom. The first-order valence-electron chi connectivity index (χ1n) is 10.8. The van der Waals surface area contributed by atoms with Crippen molar-refractivity contribution in [3.8, 4) is 0 Å². The zero-order chi connectivity index (χ0) is 20.0. The van der Waals surface area contributed by atoms with E-state index < -0.39 is 11.8 Å². The second kappa shape index (κ2) is 7.63. The summed E-state index contributed by atoms with van der Waals surface area (Å²) in [7, 11) is 0. The van der Waals surface area contributed by atoms with E-state index in [1.165, 1.54) is 24.0 Å². The quantitative estimate of drug-likeness (QED) is 0.556. The van der Waals surface area contributed by atoms with Crippen molar-refractivity contribution in [3.63, 3.8) is 0 Å². The molecule has 4 aliphatic heterocycles. The average Bonchev–Trinajstić information content (AvgIpc) is 3.19. The molecule has 0 aromatic heterocycles. The van der Waals surface area contributed by atoms with Gasteiger partial charge in [-0.05, 0) is 42.9 Å². The average molecular weight is 396 g/mol. The summed E-state index contributed by atoms with van der Waals surface area (Å²) in [6.07, 6.45) is 4.25. The first-order chi connectivity index (χ1) is 14.2. The fourth-order valence-corrected chi connectivity index (χ4v) is 5.62. The van der Waals surface area contributed by atoms with Crippen LogP contribution in [-0.4, -0.2) is 71.6 Å². The van der Waals surface area contributed by atoms with Gasteiger partial charge in [0.05, 0.1) is 6.04 Å². The number of aldehydes is 1. The SMILES string of the molecule is O=CC(=O)C1CCC(N2Cc3c(CN4C5CCC4CNC5)cccc3C2=O)CN1. The summed E-state index contributed by atoms with van der Waals surface area (Å²) in [6, 6.07) is 7.01. The third kappa shape index (κ3) is 3.31. The highest BCUT2D eigenvalue weighted by atomic mass is 16.2. The minimum atomic E-state index is -0.400. The number of piperidine rings is 1. The van der Waals surface area contributed by atoms with E-state index in [1.807, 2.05) is 17.0 Å². The van der Waals surface area contributed by atoms with Gasteiger partial charge in [-0.2, -0.15) is 0 Å². The summed E-state index contributed by atoms with van der Waals surface area (Å²) >= 11 is 0. The fraction of sp³-hybridized carbons (Fsp3) is 0.591. The lowest BCUT2D eigenvalue weighted by atomic mass is 9.97. The number of rotatable bonds is 5. The van der Waals surface area contributed by atoms with Gasteiger partial charge in [-0.25, -0.2) is 0 Å². The molecule has 4 heterocycles. The Morgan fingerprint density at radius 1 is 1.07 bits per heavy atom. The van der Waals surface area contributed by atoms with Crippen LogP contribution in [0.4, 0.5) is 0 Å². The smallest absolute Gasteiger partial charge is 0.254 e. The predicted octanol–water partition coefficient (Wildman–Crippen LogP) is 0.467. The molecule has 29 heavy (non-hydrogen) atoms. The summed E-state index contributed by atoms with van der Waals surface area (Å²) in [4.78, 5) is 40.0. The van der Waals surface area contributed by atoms with Gasteiger partial charge < -0.3 is 15.5 Å². The standard InChI is InChI=1S/C22H28N4O3/c27-13-21(28)20-7-6-17(10-24-20)26-12-19-14(2-1-3-18(19)22(26)29)11-25-15-4-5-16(25)9-23-8-15/h1-3,13,15-17,20,23-24H,4-12H2. The van der Waals surface area contributed by atoms with Crippen LogP contribution in [0.25, 0.3) is 0 Å². The maximum atomic E-state index is 13.1. The lowest BCUT2D eigenvalue weighted by molar-refractivity contribution is -0.131. The summed E-state index contributed by atoms with van der Waals surface area (Å²) in [5.41, 5.74) is 3.27. The van der Waals surface area contributed by atoms with Crippen molar-refractivity contribution < 1.29 is 14.4 Å². The number of hydrogen-bond acceptors (Lipinski definition) is 6. The molecular weight excluding hydrogens is 368 g/mol. The van der Waals surface area contributed by atoms with Crippen molar-refractivity contribution >= 4 is 18.0 Å². The zero-order valence-electron chi connectivity index (χ0n) is 16.6. The summed E-state index contributed by atoms with van der Waals surface area (Å²) in [5.74, 6) is -0.301. The number of Topliss-reactive ketones (excluding diaryl/α,β-unsaturated/α-hetero) is 1.